The summed E-state index contributed by atoms with van der Waals surface area (Å²) in [5.74, 6) is -5.90. The van der Waals surface area contributed by atoms with E-state index in [1.807, 2.05) is 0 Å². The van der Waals surface area contributed by atoms with Crippen molar-refractivity contribution < 1.29 is 31.9 Å². The van der Waals surface area contributed by atoms with Gasteiger partial charge in [0.2, 0.25) is 0 Å². The normalized spacial score (nSPS) is 15.3. The fourth-order valence-electron chi connectivity index (χ4n) is 3.93. The van der Waals surface area contributed by atoms with Crippen LogP contribution in [0.15, 0.2) is 54.7 Å². The standard InChI is InChI=1S/C26H19F4N5O3/c27-17-3-2-14(9-18(17)28)33-26(37)34-15-8-16(24(30)19(29)10-15)25(36)13-1-4-20-21(7-13)32-11-22(35-20)23-12-31-5-6-38-23/h1-4,7-11,23,31H,5-6,12H2,(H2,33,34,37). The number of amides is 2. The zero-order valence-electron chi connectivity index (χ0n) is 19.5. The number of benzene rings is 3. The minimum atomic E-state index is -1.40. The summed E-state index contributed by atoms with van der Waals surface area (Å²) in [6.07, 6.45) is 1.28. The van der Waals surface area contributed by atoms with Crippen molar-refractivity contribution in [1.82, 2.24) is 15.3 Å². The van der Waals surface area contributed by atoms with E-state index in [4.69, 9.17) is 4.74 Å². The summed E-state index contributed by atoms with van der Waals surface area (Å²) < 4.78 is 61.1. The molecule has 1 unspecified atom stereocenters. The summed E-state index contributed by atoms with van der Waals surface area (Å²) in [4.78, 5) is 34.2. The van der Waals surface area contributed by atoms with E-state index < -0.39 is 40.6 Å². The van der Waals surface area contributed by atoms with Crippen LogP contribution in [0.5, 0.6) is 0 Å². The lowest BCUT2D eigenvalue weighted by molar-refractivity contribution is 0.0250. The summed E-state index contributed by atoms with van der Waals surface area (Å²) >= 11 is 0. The van der Waals surface area contributed by atoms with Crippen molar-refractivity contribution >= 4 is 34.2 Å². The number of anilines is 2. The summed E-state index contributed by atoms with van der Waals surface area (Å²) in [6, 6.07) is 7.75. The van der Waals surface area contributed by atoms with Crippen molar-refractivity contribution in [3.8, 4) is 0 Å². The number of halogens is 4. The molecule has 0 radical (unpaired) electrons. The van der Waals surface area contributed by atoms with Gasteiger partial charge in [-0.2, -0.15) is 0 Å². The Morgan fingerprint density at radius 3 is 2.45 bits per heavy atom. The summed E-state index contributed by atoms with van der Waals surface area (Å²) in [7, 11) is 0. The second kappa shape index (κ2) is 10.5. The molecule has 12 heteroatoms. The van der Waals surface area contributed by atoms with Crippen molar-refractivity contribution in [1.29, 1.82) is 0 Å². The van der Waals surface area contributed by atoms with Gasteiger partial charge in [0, 0.05) is 42.2 Å². The first-order chi connectivity index (χ1) is 18.3. The number of ketones is 1. The van der Waals surface area contributed by atoms with Gasteiger partial charge < -0.3 is 20.7 Å². The molecule has 0 spiro atoms. The SMILES string of the molecule is O=C(Nc1ccc(F)c(F)c1)Nc1cc(F)c(F)c(C(=O)c2ccc3nc(C4CNCCO4)cnc3c2)c1. The van der Waals surface area contributed by atoms with Gasteiger partial charge in [-0.15, -0.1) is 0 Å². The summed E-state index contributed by atoms with van der Waals surface area (Å²) in [5.41, 5.74) is 0.562. The van der Waals surface area contributed by atoms with E-state index in [0.29, 0.717) is 35.9 Å². The molecule has 1 fully saturated rings. The van der Waals surface area contributed by atoms with Gasteiger partial charge in [-0.25, -0.2) is 27.3 Å². The average molecular weight is 525 g/mol. The largest absolute Gasteiger partial charge is 0.369 e. The molecular formula is C26H19F4N5O3. The lowest BCUT2D eigenvalue weighted by Gasteiger charge is -2.22. The highest BCUT2D eigenvalue weighted by atomic mass is 19.2. The molecular weight excluding hydrogens is 506 g/mol. The Kier molecular flexibility index (Phi) is 6.99. The van der Waals surface area contributed by atoms with Crippen LogP contribution in [0.2, 0.25) is 0 Å². The number of hydrogen-bond acceptors (Lipinski definition) is 6. The second-order valence-corrected chi connectivity index (χ2v) is 8.42. The fraction of sp³-hybridized carbons (Fsp3) is 0.154. The third-order valence-corrected chi connectivity index (χ3v) is 5.79. The van der Waals surface area contributed by atoms with Crippen LogP contribution < -0.4 is 16.0 Å². The molecule has 4 aromatic rings. The average Bonchev–Trinajstić information content (AvgIpc) is 2.92. The summed E-state index contributed by atoms with van der Waals surface area (Å²) in [5, 5.41) is 7.68. The van der Waals surface area contributed by atoms with Gasteiger partial charge in [-0.05, 0) is 36.4 Å². The van der Waals surface area contributed by atoms with Gasteiger partial charge in [0.05, 0.1) is 35.1 Å². The maximum atomic E-state index is 14.6. The number of nitrogens with one attached hydrogen (secondary N) is 3. The van der Waals surface area contributed by atoms with Crippen LogP contribution in [0.4, 0.5) is 33.7 Å². The predicted molar refractivity (Wildman–Crippen MR) is 130 cm³/mol. The first kappa shape index (κ1) is 25.2. The minimum Gasteiger partial charge on any atom is -0.369 e. The smallest absolute Gasteiger partial charge is 0.323 e. The predicted octanol–water partition coefficient (Wildman–Crippen LogP) is 4.72. The second-order valence-electron chi connectivity index (χ2n) is 8.42. The Morgan fingerprint density at radius 2 is 1.68 bits per heavy atom. The topological polar surface area (TPSA) is 105 Å². The van der Waals surface area contributed by atoms with E-state index in [9.17, 15) is 27.2 Å². The quantitative estimate of drug-likeness (QED) is 0.257. The lowest BCUT2D eigenvalue weighted by atomic mass is 10.0. The summed E-state index contributed by atoms with van der Waals surface area (Å²) in [6.45, 7) is 1.88. The first-order valence-electron chi connectivity index (χ1n) is 11.4. The molecule has 38 heavy (non-hydrogen) atoms. The van der Waals surface area contributed by atoms with Crippen LogP contribution in [-0.4, -0.2) is 41.5 Å². The van der Waals surface area contributed by atoms with Gasteiger partial charge in [0.15, 0.2) is 29.1 Å². The molecule has 3 aromatic carbocycles. The van der Waals surface area contributed by atoms with E-state index in [2.05, 4.69) is 25.9 Å². The maximum absolute atomic E-state index is 14.6. The number of morpholine rings is 1. The highest BCUT2D eigenvalue weighted by Gasteiger charge is 2.22. The number of urea groups is 1. The van der Waals surface area contributed by atoms with E-state index >= 15 is 0 Å². The van der Waals surface area contributed by atoms with E-state index in [1.165, 1.54) is 18.3 Å². The molecule has 0 aliphatic carbocycles. The highest BCUT2D eigenvalue weighted by Crippen LogP contribution is 2.25. The molecule has 1 aromatic heterocycles. The Bertz CT molecular complexity index is 1560. The van der Waals surface area contributed by atoms with Crippen molar-refractivity contribution in [2.45, 2.75) is 6.10 Å². The van der Waals surface area contributed by atoms with Crippen molar-refractivity contribution in [2.24, 2.45) is 0 Å². The number of nitrogens with zero attached hydrogens (tertiary/aromatic N) is 2. The molecule has 1 aliphatic heterocycles. The van der Waals surface area contributed by atoms with Gasteiger partial charge in [-0.3, -0.25) is 9.78 Å². The monoisotopic (exact) mass is 525 g/mol. The third kappa shape index (κ3) is 5.31. The molecule has 2 amide bonds. The van der Waals surface area contributed by atoms with Crippen molar-refractivity contribution in [3.63, 3.8) is 0 Å². The Hall–Kier alpha value is -4.42. The molecule has 3 N–H and O–H groups in total. The van der Waals surface area contributed by atoms with Crippen LogP contribution in [0, 0.1) is 23.3 Å². The molecule has 2 heterocycles. The molecule has 8 nitrogen and oxygen atoms in total. The molecule has 1 atom stereocenters. The van der Waals surface area contributed by atoms with Crippen LogP contribution in [-0.2, 0) is 4.74 Å². The molecule has 194 valence electrons. The van der Waals surface area contributed by atoms with Gasteiger partial charge in [0.1, 0.15) is 6.10 Å². The number of hydrogen-bond donors (Lipinski definition) is 3. The van der Waals surface area contributed by atoms with Crippen LogP contribution in [0.1, 0.15) is 27.7 Å². The van der Waals surface area contributed by atoms with E-state index in [-0.39, 0.29) is 23.0 Å². The van der Waals surface area contributed by atoms with Crippen molar-refractivity contribution in [2.75, 3.05) is 30.3 Å². The first-order valence-corrected chi connectivity index (χ1v) is 11.4. The number of rotatable bonds is 5. The van der Waals surface area contributed by atoms with Gasteiger partial charge >= 0.3 is 6.03 Å². The zero-order chi connectivity index (χ0) is 26.8. The van der Waals surface area contributed by atoms with Crippen LogP contribution >= 0.6 is 0 Å². The molecule has 0 saturated carbocycles. The number of carbonyl (C=O) groups is 2. The zero-order valence-corrected chi connectivity index (χ0v) is 19.5. The molecule has 5 rings (SSSR count). The van der Waals surface area contributed by atoms with Crippen LogP contribution in [0.3, 0.4) is 0 Å². The molecule has 0 bridgehead atoms. The molecule has 1 saturated heterocycles. The van der Waals surface area contributed by atoms with E-state index in [1.54, 1.807) is 6.07 Å². The number of carbonyl (C=O) groups excluding carboxylic acids is 2. The fourth-order valence-corrected chi connectivity index (χ4v) is 3.93. The Labute approximate surface area is 213 Å². The van der Waals surface area contributed by atoms with Crippen molar-refractivity contribution in [3.05, 3.63) is 94.8 Å². The van der Waals surface area contributed by atoms with Crippen LogP contribution in [0.25, 0.3) is 11.0 Å². The Balaban J connectivity index is 1.37. The maximum Gasteiger partial charge on any atom is 0.323 e. The number of ether oxygens (including phenoxy) is 1. The Morgan fingerprint density at radius 1 is 0.895 bits per heavy atom. The number of fused-ring (bicyclic) bond motifs is 1. The third-order valence-electron chi connectivity index (χ3n) is 5.79. The number of aromatic nitrogens is 2. The highest BCUT2D eigenvalue weighted by molar-refractivity contribution is 6.11. The molecule has 1 aliphatic rings. The van der Waals surface area contributed by atoms with Gasteiger partial charge in [0.25, 0.3) is 0 Å². The van der Waals surface area contributed by atoms with E-state index in [0.717, 1.165) is 30.8 Å². The van der Waals surface area contributed by atoms with Gasteiger partial charge in [-0.1, -0.05) is 0 Å². The lowest BCUT2D eigenvalue weighted by Crippen LogP contribution is -2.33. The minimum absolute atomic E-state index is 0.0248.